The number of aliphatic hydroxyl groups is 1. The van der Waals surface area contributed by atoms with Crippen LogP contribution in [0.5, 0.6) is 0 Å². The minimum Gasteiger partial charge on any atom is -0.385 e. The lowest BCUT2D eigenvalue weighted by molar-refractivity contribution is 0.182. The van der Waals surface area contributed by atoms with Crippen molar-refractivity contribution in [1.29, 1.82) is 0 Å². The first-order valence-electron chi connectivity index (χ1n) is 2.73. The first kappa shape index (κ1) is 8.13. The molecule has 0 aliphatic rings. The zero-order chi connectivity index (χ0) is 7.56. The molecule has 0 fully saturated rings. The molecule has 1 aromatic rings. The molecule has 0 bridgehead atoms. The third-order valence-corrected chi connectivity index (χ3v) is 2.44. The highest BCUT2D eigenvalue weighted by Gasteiger charge is 2.07. The Kier molecular flexibility index (Phi) is 2.79. The fourth-order valence-electron chi connectivity index (χ4n) is 0.537. The van der Waals surface area contributed by atoms with E-state index in [0.29, 0.717) is 5.69 Å². The summed E-state index contributed by atoms with van der Waals surface area (Å²) < 4.78 is 0.773. The van der Waals surface area contributed by atoms with Gasteiger partial charge in [-0.2, -0.15) is 0 Å². The van der Waals surface area contributed by atoms with Gasteiger partial charge in [-0.25, -0.2) is 4.98 Å². The maximum Gasteiger partial charge on any atom is 0.159 e. The quantitative estimate of drug-likeness (QED) is 0.782. The number of nitrogens with zero attached hydrogens (tertiary/aromatic N) is 1. The van der Waals surface area contributed by atoms with Gasteiger partial charge in [-0.1, -0.05) is 0 Å². The van der Waals surface area contributed by atoms with Crippen LogP contribution in [0.25, 0.3) is 0 Å². The zero-order valence-corrected chi connectivity index (χ0v) is 7.52. The lowest BCUT2D eigenvalue weighted by Crippen LogP contribution is -2.11. The molecule has 1 heterocycles. The molecule has 0 aliphatic heterocycles. The normalized spacial score (nSPS) is 13.5. The molecule has 0 saturated heterocycles. The van der Waals surface area contributed by atoms with Gasteiger partial charge in [-0.15, -0.1) is 11.3 Å². The van der Waals surface area contributed by atoms with E-state index >= 15 is 0 Å². The lowest BCUT2D eigenvalue weighted by Gasteiger charge is -2.00. The molecule has 0 aromatic carbocycles. The number of aliphatic hydroxyl groups excluding tert-OH is 1. The molecule has 0 amide bonds. The van der Waals surface area contributed by atoms with Gasteiger partial charge in [0.1, 0.15) is 6.10 Å². The lowest BCUT2D eigenvalue weighted by atomic mass is 10.3. The molecule has 1 atom stereocenters. The molecule has 3 N–H and O–H groups in total. The molecule has 0 saturated carbocycles. The van der Waals surface area contributed by atoms with Crippen molar-refractivity contribution in [3.63, 3.8) is 0 Å². The van der Waals surface area contributed by atoms with Crippen molar-refractivity contribution < 1.29 is 5.11 Å². The van der Waals surface area contributed by atoms with E-state index in [9.17, 15) is 0 Å². The molecule has 10 heavy (non-hydrogen) atoms. The van der Waals surface area contributed by atoms with Crippen LogP contribution in [0.2, 0.25) is 0 Å². The average molecular weight is 223 g/mol. The maximum absolute atomic E-state index is 9.14. The van der Waals surface area contributed by atoms with Crippen molar-refractivity contribution >= 4 is 27.3 Å². The third kappa shape index (κ3) is 1.76. The van der Waals surface area contributed by atoms with Crippen LogP contribution < -0.4 is 5.73 Å². The van der Waals surface area contributed by atoms with Crippen molar-refractivity contribution in [2.24, 2.45) is 5.73 Å². The first-order valence-corrected chi connectivity index (χ1v) is 4.40. The summed E-state index contributed by atoms with van der Waals surface area (Å²) in [4.78, 5) is 3.99. The summed E-state index contributed by atoms with van der Waals surface area (Å²) in [5.41, 5.74) is 5.85. The second-order valence-electron chi connectivity index (χ2n) is 1.78. The summed E-state index contributed by atoms with van der Waals surface area (Å²) in [6, 6.07) is 0. The number of thiazole rings is 1. The number of aromatic nitrogens is 1. The molecule has 56 valence electrons. The van der Waals surface area contributed by atoms with Crippen LogP contribution in [0.1, 0.15) is 11.8 Å². The second-order valence-corrected chi connectivity index (χ2v) is 3.91. The summed E-state index contributed by atoms with van der Waals surface area (Å²) in [5, 5.41) is 10.9. The first-order chi connectivity index (χ1) is 4.74. The Morgan fingerprint density at radius 3 is 3.00 bits per heavy atom. The molecule has 3 nitrogen and oxygen atoms in total. The smallest absolute Gasteiger partial charge is 0.159 e. The van der Waals surface area contributed by atoms with Crippen molar-refractivity contribution in [3.05, 3.63) is 15.0 Å². The fourth-order valence-corrected chi connectivity index (χ4v) is 1.61. The highest BCUT2D eigenvalue weighted by Crippen LogP contribution is 2.19. The van der Waals surface area contributed by atoms with Crippen molar-refractivity contribution in [3.8, 4) is 0 Å². The summed E-state index contributed by atoms with van der Waals surface area (Å²) in [7, 11) is 0. The third-order valence-electron chi connectivity index (χ3n) is 1.06. The average Bonchev–Trinajstić information content (AvgIpc) is 2.34. The van der Waals surface area contributed by atoms with Gasteiger partial charge < -0.3 is 10.8 Å². The van der Waals surface area contributed by atoms with Gasteiger partial charge in [0.2, 0.25) is 0 Å². The van der Waals surface area contributed by atoms with E-state index in [4.69, 9.17) is 10.8 Å². The highest BCUT2D eigenvalue weighted by atomic mass is 79.9. The minimum atomic E-state index is -0.623. The van der Waals surface area contributed by atoms with Gasteiger partial charge in [-0.3, -0.25) is 0 Å². The SMILES string of the molecule is NC[C@H](O)c1csc(Br)n1. The van der Waals surface area contributed by atoms with Gasteiger partial charge in [0.15, 0.2) is 3.92 Å². The summed E-state index contributed by atoms with van der Waals surface area (Å²) >= 11 is 4.62. The van der Waals surface area contributed by atoms with Crippen LogP contribution in [0.15, 0.2) is 9.30 Å². The molecule has 0 unspecified atom stereocenters. The number of hydrogen-bond donors (Lipinski definition) is 2. The molecule has 1 rings (SSSR count). The monoisotopic (exact) mass is 222 g/mol. The Morgan fingerprint density at radius 1 is 1.90 bits per heavy atom. The summed E-state index contributed by atoms with van der Waals surface area (Å²) in [5.74, 6) is 0. The largest absolute Gasteiger partial charge is 0.385 e. The van der Waals surface area contributed by atoms with E-state index in [-0.39, 0.29) is 6.54 Å². The Labute approximate surface area is 71.0 Å². The number of halogens is 1. The number of hydrogen-bond acceptors (Lipinski definition) is 4. The van der Waals surface area contributed by atoms with E-state index in [1.54, 1.807) is 5.38 Å². The zero-order valence-electron chi connectivity index (χ0n) is 5.12. The summed E-state index contributed by atoms with van der Waals surface area (Å²) in [6.45, 7) is 0.218. The van der Waals surface area contributed by atoms with Gasteiger partial charge in [0.25, 0.3) is 0 Å². The minimum absolute atomic E-state index is 0.218. The Morgan fingerprint density at radius 2 is 2.60 bits per heavy atom. The van der Waals surface area contributed by atoms with E-state index < -0.39 is 6.10 Å². The Balaban J connectivity index is 2.74. The van der Waals surface area contributed by atoms with Gasteiger partial charge in [-0.05, 0) is 15.9 Å². The molecule has 0 aliphatic carbocycles. The second kappa shape index (κ2) is 3.43. The summed E-state index contributed by atoms with van der Waals surface area (Å²) in [6.07, 6.45) is -0.623. The Hall–Kier alpha value is 0.0300. The van der Waals surface area contributed by atoms with Crippen LogP contribution in [0.4, 0.5) is 0 Å². The van der Waals surface area contributed by atoms with Crippen LogP contribution in [0, 0.1) is 0 Å². The van der Waals surface area contributed by atoms with Crippen molar-refractivity contribution in [2.75, 3.05) is 6.54 Å². The molecule has 1 aromatic heterocycles. The van der Waals surface area contributed by atoms with Crippen LogP contribution in [-0.2, 0) is 0 Å². The Bertz CT molecular complexity index is 215. The molecular formula is C5H7BrN2OS. The van der Waals surface area contributed by atoms with Crippen LogP contribution in [-0.4, -0.2) is 16.6 Å². The predicted octanol–water partition coefficient (Wildman–Crippen LogP) is 0.898. The molecule has 0 spiro atoms. The van der Waals surface area contributed by atoms with Crippen LogP contribution in [0.3, 0.4) is 0 Å². The number of rotatable bonds is 2. The molecular weight excluding hydrogens is 216 g/mol. The molecule has 0 radical (unpaired) electrons. The predicted molar refractivity (Wildman–Crippen MR) is 43.8 cm³/mol. The van der Waals surface area contributed by atoms with Crippen molar-refractivity contribution in [1.82, 2.24) is 4.98 Å². The highest BCUT2D eigenvalue weighted by molar-refractivity contribution is 9.11. The van der Waals surface area contributed by atoms with Crippen molar-refractivity contribution in [2.45, 2.75) is 6.10 Å². The van der Waals surface area contributed by atoms with E-state index in [0.717, 1.165) is 3.92 Å². The van der Waals surface area contributed by atoms with E-state index in [1.165, 1.54) is 11.3 Å². The van der Waals surface area contributed by atoms with E-state index in [2.05, 4.69) is 20.9 Å². The van der Waals surface area contributed by atoms with E-state index in [1.807, 2.05) is 0 Å². The molecule has 5 heteroatoms. The standard InChI is InChI=1S/C5H7BrN2OS/c6-5-8-3(2-10-5)4(9)1-7/h2,4,9H,1,7H2/t4-/m0/s1. The van der Waals surface area contributed by atoms with Gasteiger partial charge >= 0.3 is 0 Å². The maximum atomic E-state index is 9.14. The number of nitrogens with two attached hydrogens (primary N) is 1. The fraction of sp³-hybridized carbons (Fsp3) is 0.400. The topological polar surface area (TPSA) is 59.1 Å². The van der Waals surface area contributed by atoms with Gasteiger partial charge in [0.05, 0.1) is 5.69 Å². The van der Waals surface area contributed by atoms with Gasteiger partial charge in [0, 0.05) is 11.9 Å². The van der Waals surface area contributed by atoms with Crippen LogP contribution >= 0.6 is 27.3 Å².